The monoisotopic (exact) mass is 254 g/mol. The maximum absolute atomic E-state index is 11.0. The molecule has 0 amide bonds. The molecule has 0 aliphatic carbocycles. The number of aldehydes is 1. The van der Waals surface area contributed by atoms with Crippen molar-refractivity contribution in [3.63, 3.8) is 0 Å². The molecule has 0 unspecified atom stereocenters. The molecule has 0 aromatic heterocycles. The molecule has 0 N–H and O–H groups in total. The predicted molar refractivity (Wildman–Crippen MR) is 77.6 cm³/mol. The summed E-state index contributed by atoms with van der Waals surface area (Å²) in [5.74, 6) is 0.209. The van der Waals surface area contributed by atoms with E-state index in [1.54, 1.807) is 6.07 Å². The van der Waals surface area contributed by atoms with Gasteiger partial charge in [0.15, 0.2) is 5.78 Å². The molecule has 0 radical (unpaired) electrons. The number of Topliss-reactive ketones (excluding diaryl/α,β-unsaturated/α-hetero) is 1. The van der Waals surface area contributed by atoms with Crippen molar-refractivity contribution < 1.29 is 9.59 Å². The van der Waals surface area contributed by atoms with Crippen LogP contribution in [0.2, 0.25) is 0 Å². The van der Waals surface area contributed by atoms with E-state index < -0.39 is 0 Å². The van der Waals surface area contributed by atoms with Gasteiger partial charge in [0.25, 0.3) is 0 Å². The van der Waals surface area contributed by atoms with Crippen LogP contribution in [-0.2, 0) is 0 Å². The molecular weight excluding hydrogens is 236 g/mol. The fourth-order valence-electron chi connectivity index (χ4n) is 1.57. The van der Waals surface area contributed by atoms with Gasteiger partial charge in [0.1, 0.15) is 6.29 Å². The fraction of sp³-hybridized carbons (Fsp3) is 0.176. The van der Waals surface area contributed by atoms with Gasteiger partial charge in [-0.25, -0.2) is 0 Å². The van der Waals surface area contributed by atoms with Crippen molar-refractivity contribution in [2.24, 2.45) is 0 Å². The lowest BCUT2D eigenvalue weighted by Gasteiger charge is -1.93. The zero-order chi connectivity index (χ0) is 14.1. The molecule has 0 aliphatic rings. The maximum atomic E-state index is 11.0. The van der Waals surface area contributed by atoms with Crippen LogP contribution in [-0.4, -0.2) is 12.1 Å². The van der Waals surface area contributed by atoms with Gasteiger partial charge in [-0.05, 0) is 13.0 Å². The van der Waals surface area contributed by atoms with E-state index in [2.05, 4.69) is 0 Å². The molecule has 0 aliphatic heterocycles. The van der Waals surface area contributed by atoms with E-state index in [9.17, 15) is 9.59 Å². The quantitative estimate of drug-likeness (QED) is 0.610. The van der Waals surface area contributed by atoms with Crippen LogP contribution in [0.15, 0.2) is 54.6 Å². The minimum atomic E-state index is 0.209. The van der Waals surface area contributed by atoms with Gasteiger partial charge in [-0.3, -0.25) is 9.59 Å². The van der Waals surface area contributed by atoms with Crippen LogP contribution in [0, 0.1) is 6.92 Å². The molecule has 0 saturated carbocycles. The zero-order valence-corrected chi connectivity index (χ0v) is 11.3. The summed E-state index contributed by atoms with van der Waals surface area (Å²) in [4.78, 5) is 21.2. The molecule has 2 nitrogen and oxygen atoms in total. The van der Waals surface area contributed by atoms with Gasteiger partial charge in [0.2, 0.25) is 0 Å². The van der Waals surface area contributed by atoms with E-state index in [4.69, 9.17) is 0 Å². The van der Waals surface area contributed by atoms with E-state index in [-0.39, 0.29) is 5.78 Å². The highest BCUT2D eigenvalue weighted by molar-refractivity contribution is 5.95. The molecular formula is C17H18O2. The first kappa shape index (κ1) is 14.8. The SMILES string of the molecule is CCC(=O)c1ccccc1.Cc1cccc(C=O)c1. The van der Waals surface area contributed by atoms with Crippen LogP contribution in [0.3, 0.4) is 0 Å². The van der Waals surface area contributed by atoms with E-state index in [0.717, 1.165) is 23.0 Å². The van der Waals surface area contributed by atoms with E-state index in [0.29, 0.717) is 6.42 Å². The Kier molecular flexibility index (Phi) is 6.23. The fourth-order valence-corrected chi connectivity index (χ4v) is 1.57. The van der Waals surface area contributed by atoms with E-state index >= 15 is 0 Å². The first-order valence-electron chi connectivity index (χ1n) is 6.27. The normalized spacial score (nSPS) is 9.16. The van der Waals surface area contributed by atoms with Crippen molar-refractivity contribution in [3.05, 3.63) is 71.3 Å². The third-order valence-corrected chi connectivity index (χ3v) is 2.60. The van der Waals surface area contributed by atoms with E-state index in [1.165, 1.54) is 0 Å². The number of carbonyl (C=O) groups excluding carboxylic acids is 2. The first-order valence-corrected chi connectivity index (χ1v) is 6.27. The van der Waals surface area contributed by atoms with Gasteiger partial charge in [-0.2, -0.15) is 0 Å². The average Bonchev–Trinajstić information content (AvgIpc) is 2.48. The second kappa shape index (κ2) is 7.98. The highest BCUT2D eigenvalue weighted by Gasteiger charge is 1.98. The summed E-state index contributed by atoms with van der Waals surface area (Å²) in [6.45, 7) is 3.84. The molecule has 2 rings (SSSR count). The summed E-state index contributed by atoms with van der Waals surface area (Å²) >= 11 is 0. The molecule has 2 aromatic rings. The Morgan fingerprint density at radius 3 is 2.21 bits per heavy atom. The minimum Gasteiger partial charge on any atom is -0.298 e. The third kappa shape index (κ3) is 5.30. The third-order valence-electron chi connectivity index (χ3n) is 2.60. The minimum absolute atomic E-state index is 0.209. The number of hydrogen-bond acceptors (Lipinski definition) is 2. The molecule has 0 atom stereocenters. The van der Waals surface area contributed by atoms with Crippen LogP contribution < -0.4 is 0 Å². The van der Waals surface area contributed by atoms with Gasteiger partial charge >= 0.3 is 0 Å². The second-order valence-corrected chi connectivity index (χ2v) is 4.17. The summed E-state index contributed by atoms with van der Waals surface area (Å²) in [7, 11) is 0. The molecule has 98 valence electrons. The summed E-state index contributed by atoms with van der Waals surface area (Å²) in [5.41, 5.74) is 2.68. The maximum Gasteiger partial charge on any atom is 0.162 e. The Hall–Kier alpha value is -2.22. The Morgan fingerprint density at radius 1 is 1.05 bits per heavy atom. The smallest absolute Gasteiger partial charge is 0.162 e. The van der Waals surface area contributed by atoms with Gasteiger partial charge in [0.05, 0.1) is 0 Å². The number of benzene rings is 2. The highest BCUT2D eigenvalue weighted by Crippen LogP contribution is 2.01. The summed E-state index contributed by atoms with van der Waals surface area (Å²) in [6.07, 6.45) is 1.44. The lowest BCUT2D eigenvalue weighted by Crippen LogP contribution is -1.94. The van der Waals surface area contributed by atoms with Crippen molar-refractivity contribution >= 4 is 12.1 Å². The van der Waals surface area contributed by atoms with Gasteiger partial charge in [-0.15, -0.1) is 0 Å². The van der Waals surface area contributed by atoms with Crippen LogP contribution in [0.5, 0.6) is 0 Å². The largest absolute Gasteiger partial charge is 0.298 e. The Labute approximate surface area is 114 Å². The van der Waals surface area contributed by atoms with Crippen LogP contribution in [0.4, 0.5) is 0 Å². The number of rotatable bonds is 3. The summed E-state index contributed by atoms with van der Waals surface area (Å²) < 4.78 is 0. The topological polar surface area (TPSA) is 34.1 Å². The van der Waals surface area contributed by atoms with Crippen LogP contribution in [0.25, 0.3) is 0 Å². The molecule has 0 heterocycles. The number of carbonyl (C=O) groups is 2. The molecule has 2 aromatic carbocycles. The lowest BCUT2D eigenvalue weighted by atomic mass is 10.1. The molecule has 0 fully saturated rings. The molecule has 0 saturated heterocycles. The predicted octanol–water partition coefficient (Wildman–Crippen LogP) is 4.09. The molecule has 0 spiro atoms. The lowest BCUT2D eigenvalue weighted by molar-refractivity contribution is 0.0987. The number of hydrogen-bond donors (Lipinski definition) is 0. The van der Waals surface area contributed by atoms with E-state index in [1.807, 2.05) is 62.4 Å². The number of ketones is 1. The van der Waals surface area contributed by atoms with Crippen molar-refractivity contribution in [2.75, 3.05) is 0 Å². The van der Waals surface area contributed by atoms with Gasteiger partial charge < -0.3 is 0 Å². The van der Waals surface area contributed by atoms with Gasteiger partial charge in [0, 0.05) is 17.5 Å². The van der Waals surface area contributed by atoms with Crippen molar-refractivity contribution in [1.82, 2.24) is 0 Å². The Balaban J connectivity index is 0.000000191. The number of aryl methyl sites for hydroxylation is 1. The van der Waals surface area contributed by atoms with Crippen molar-refractivity contribution in [3.8, 4) is 0 Å². The first-order chi connectivity index (χ1) is 9.17. The van der Waals surface area contributed by atoms with Gasteiger partial charge in [-0.1, -0.05) is 61.0 Å². The van der Waals surface area contributed by atoms with Crippen molar-refractivity contribution in [1.29, 1.82) is 0 Å². The summed E-state index contributed by atoms with van der Waals surface area (Å²) in [5, 5.41) is 0. The Morgan fingerprint density at radius 2 is 1.74 bits per heavy atom. The highest BCUT2D eigenvalue weighted by atomic mass is 16.1. The summed E-state index contributed by atoms with van der Waals surface area (Å²) in [6, 6.07) is 16.8. The second-order valence-electron chi connectivity index (χ2n) is 4.17. The van der Waals surface area contributed by atoms with Crippen LogP contribution >= 0.6 is 0 Å². The zero-order valence-electron chi connectivity index (χ0n) is 11.3. The Bertz CT molecular complexity index is 530. The molecule has 2 heteroatoms. The standard InChI is InChI=1S/C9H10O.C8H8O/c1-2-9(10)8-6-4-3-5-7-8;1-7-3-2-4-8(5-7)6-9/h3-7H,2H2,1H3;2-6H,1H3. The average molecular weight is 254 g/mol. The molecule has 19 heavy (non-hydrogen) atoms. The van der Waals surface area contributed by atoms with Crippen LogP contribution in [0.1, 0.15) is 39.6 Å². The molecule has 0 bridgehead atoms. The van der Waals surface area contributed by atoms with Crippen molar-refractivity contribution in [2.45, 2.75) is 20.3 Å².